The lowest BCUT2D eigenvalue weighted by molar-refractivity contribution is -0.359. The molecule has 14 nitrogen and oxygen atoms in total. The van der Waals surface area contributed by atoms with Crippen molar-refractivity contribution in [3.8, 4) is 0 Å². The smallest absolute Gasteiger partial charge is 0.220 e. The van der Waals surface area contributed by atoms with Gasteiger partial charge >= 0.3 is 0 Å². The number of carbonyl (C=O) groups excluding carboxylic acids is 1. The van der Waals surface area contributed by atoms with Crippen LogP contribution in [0.5, 0.6) is 0 Å². The number of nitrogens with one attached hydrogen (secondary N) is 1. The quantitative estimate of drug-likeness (QED) is 0.0204. The normalized spacial score (nSPS) is 25.3. The molecule has 2 saturated heterocycles. The zero-order chi connectivity index (χ0) is 56.0. The van der Waals surface area contributed by atoms with Crippen molar-refractivity contribution in [1.29, 1.82) is 0 Å². The van der Waals surface area contributed by atoms with Crippen LogP contribution in [-0.2, 0) is 23.7 Å². The third-order valence-electron chi connectivity index (χ3n) is 14.4. The molecule has 0 spiro atoms. The summed E-state index contributed by atoms with van der Waals surface area (Å²) in [5, 5.41) is 86.7. The minimum absolute atomic E-state index is 0.215. The van der Waals surface area contributed by atoms with Crippen LogP contribution in [0.3, 0.4) is 0 Å². The van der Waals surface area contributed by atoms with Crippen LogP contribution in [-0.4, -0.2) is 140 Å². The number of amides is 1. The summed E-state index contributed by atoms with van der Waals surface area (Å²) in [5.41, 5.74) is 0. The van der Waals surface area contributed by atoms with Crippen LogP contribution in [0.2, 0.25) is 0 Å². The van der Waals surface area contributed by atoms with Crippen molar-refractivity contribution in [2.75, 3.05) is 19.8 Å². The molecular weight excluding hydrogens is 979 g/mol. The van der Waals surface area contributed by atoms with Crippen molar-refractivity contribution in [2.45, 2.75) is 286 Å². The fourth-order valence-corrected chi connectivity index (χ4v) is 9.51. The van der Waals surface area contributed by atoms with Gasteiger partial charge in [-0.25, -0.2) is 0 Å². The van der Waals surface area contributed by atoms with E-state index in [1.807, 2.05) is 0 Å². The number of ether oxygens (including phenoxy) is 4. The van der Waals surface area contributed by atoms with E-state index in [1.165, 1.54) is 77.0 Å². The first-order chi connectivity index (χ1) is 37.6. The van der Waals surface area contributed by atoms with Gasteiger partial charge in [0.05, 0.1) is 32.0 Å². The highest BCUT2D eigenvalue weighted by molar-refractivity contribution is 5.76. The molecular formula is C63H109NO13. The Balaban J connectivity index is 1.53. The van der Waals surface area contributed by atoms with Crippen LogP contribution in [0.25, 0.3) is 0 Å². The predicted octanol–water partition coefficient (Wildman–Crippen LogP) is 10.5. The molecule has 2 rings (SSSR count). The van der Waals surface area contributed by atoms with Gasteiger partial charge in [-0.3, -0.25) is 4.79 Å². The van der Waals surface area contributed by atoms with E-state index in [9.17, 15) is 45.6 Å². The number of aliphatic hydroxyl groups is 8. The van der Waals surface area contributed by atoms with Gasteiger partial charge < -0.3 is 65.1 Å². The molecule has 9 N–H and O–H groups in total. The average Bonchev–Trinajstić information content (AvgIpc) is 3.43. The SMILES string of the molecule is CC/C=C\C/C=C\C/C=C\C/C=C\C/C=C\C/C=C\C/C=C\CCCCCCCCCCCCCCCCCC(=O)NC(COC1OC(CO)C(OC2OC(CO)C(O)C(O)C2O)C(O)C1O)C(O)CCCCCCCC. The zero-order valence-electron chi connectivity index (χ0n) is 47.7. The minimum Gasteiger partial charge on any atom is -0.394 e. The van der Waals surface area contributed by atoms with Gasteiger partial charge in [-0.15, -0.1) is 0 Å². The second-order valence-corrected chi connectivity index (χ2v) is 21.1. The Morgan fingerprint density at radius 2 is 0.896 bits per heavy atom. The second-order valence-electron chi connectivity index (χ2n) is 21.1. The van der Waals surface area contributed by atoms with Crippen LogP contribution in [0.1, 0.15) is 213 Å². The van der Waals surface area contributed by atoms with Crippen molar-refractivity contribution in [3.63, 3.8) is 0 Å². The molecule has 2 aliphatic rings. The van der Waals surface area contributed by atoms with E-state index in [1.54, 1.807) is 0 Å². The molecule has 0 aromatic carbocycles. The third-order valence-corrected chi connectivity index (χ3v) is 14.4. The number of hydrogen-bond acceptors (Lipinski definition) is 13. The Morgan fingerprint density at radius 3 is 1.38 bits per heavy atom. The van der Waals surface area contributed by atoms with Gasteiger partial charge in [0, 0.05) is 6.42 Å². The Bertz CT molecular complexity index is 1610. The lowest BCUT2D eigenvalue weighted by Gasteiger charge is -2.46. The Morgan fingerprint density at radius 1 is 0.481 bits per heavy atom. The van der Waals surface area contributed by atoms with Crippen LogP contribution < -0.4 is 5.32 Å². The summed E-state index contributed by atoms with van der Waals surface area (Å²) >= 11 is 0. The first-order valence-corrected chi connectivity index (χ1v) is 30.3. The number of unbranched alkanes of at least 4 members (excludes halogenated alkanes) is 20. The largest absolute Gasteiger partial charge is 0.394 e. The molecule has 1 amide bonds. The summed E-state index contributed by atoms with van der Waals surface area (Å²) in [4.78, 5) is 13.2. The first kappa shape index (κ1) is 70.3. The van der Waals surface area contributed by atoms with Gasteiger partial charge in [-0.1, -0.05) is 221 Å². The van der Waals surface area contributed by atoms with Gasteiger partial charge in [0.1, 0.15) is 48.8 Å². The lowest BCUT2D eigenvalue weighted by Crippen LogP contribution is -2.65. The maximum absolute atomic E-state index is 13.2. The van der Waals surface area contributed by atoms with E-state index in [0.29, 0.717) is 12.8 Å². The van der Waals surface area contributed by atoms with Crippen LogP contribution in [0.15, 0.2) is 85.1 Å². The second kappa shape index (κ2) is 47.9. The van der Waals surface area contributed by atoms with Gasteiger partial charge in [-0.05, 0) is 70.6 Å². The fraction of sp³-hybridized carbons (Fsp3) is 0.762. The fourth-order valence-electron chi connectivity index (χ4n) is 9.51. The number of carbonyl (C=O) groups is 1. The molecule has 0 aromatic heterocycles. The van der Waals surface area contributed by atoms with E-state index in [0.717, 1.165) is 109 Å². The molecule has 0 bridgehead atoms. The Kier molecular flexibility index (Phi) is 43.7. The molecule has 12 atom stereocenters. The summed E-state index contributed by atoms with van der Waals surface area (Å²) in [6.07, 6.45) is 48.0. The molecule has 2 aliphatic heterocycles. The molecule has 0 saturated carbocycles. The standard InChI is InChI=1S/C63H109NO13/c1-3-5-7-9-11-12-13-14-15-16-17-18-19-20-21-22-23-24-25-26-27-28-29-30-31-32-33-34-35-36-37-38-39-40-41-43-45-47-55(68)64-51(52(67)46-44-42-10-8-6-4-2)50-74-62-60(73)58(71)61(54(49-66)76-62)77-63-59(72)57(70)56(69)53(48-65)75-63/h5,7,11-12,14-15,17-18,20-21,23-24,26-27,51-54,56-63,65-67,69-73H,3-4,6,8-10,13,16,19,22,25,28-50H2,1-2H3,(H,64,68)/b7-5-,12-11-,15-14-,18-17-,21-20-,24-23-,27-26-. The molecule has 444 valence electrons. The average molecular weight is 1090 g/mol. The van der Waals surface area contributed by atoms with Crippen molar-refractivity contribution in [3.05, 3.63) is 85.1 Å². The van der Waals surface area contributed by atoms with Gasteiger partial charge in [0.2, 0.25) is 5.91 Å². The zero-order valence-corrected chi connectivity index (χ0v) is 47.7. The summed E-state index contributed by atoms with van der Waals surface area (Å²) in [7, 11) is 0. The highest BCUT2D eigenvalue weighted by atomic mass is 16.7. The van der Waals surface area contributed by atoms with Crippen LogP contribution in [0.4, 0.5) is 0 Å². The Hall–Kier alpha value is -2.83. The van der Waals surface area contributed by atoms with Gasteiger partial charge in [0.25, 0.3) is 0 Å². The maximum atomic E-state index is 13.2. The monoisotopic (exact) mass is 1090 g/mol. The van der Waals surface area contributed by atoms with E-state index < -0.39 is 86.8 Å². The number of hydrogen-bond donors (Lipinski definition) is 9. The van der Waals surface area contributed by atoms with Crippen molar-refractivity contribution >= 4 is 5.91 Å². The highest BCUT2D eigenvalue weighted by Gasteiger charge is 2.51. The van der Waals surface area contributed by atoms with E-state index >= 15 is 0 Å². The van der Waals surface area contributed by atoms with Gasteiger partial charge in [-0.2, -0.15) is 0 Å². The Labute approximate surface area is 465 Å². The predicted molar refractivity (Wildman–Crippen MR) is 309 cm³/mol. The lowest BCUT2D eigenvalue weighted by atomic mass is 9.97. The molecule has 12 unspecified atom stereocenters. The molecule has 2 fully saturated rings. The van der Waals surface area contributed by atoms with Crippen LogP contribution >= 0.6 is 0 Å². The topological polar surface area (TPSA) is 228 Å². The van der Waals surface area contributed by atoms with Crippen molar-refractivity contribution < 1.29 is 64.6 Å². The third kappa shape index (κ3) is 33.5. The van der Waals surface area contributed by atoms with Crippen molar-refractivity contribution in [2.24, 2.45) is 0 Å². The summed E-state index contributed by atoms with van der Waals surface area (Å²) in [6.45, 7) is 2.65. The van der Waals surface area contributed by atoms with Crippen LogP contribution in [0, 0.1) is 0 Å². The summed E-state index contributed by atoms with van der Waals surface area (Å²) < 4.78 is 22.7. The summed E-state index contributed by atoms with van der Waals surface area (Å²) in [5.74, 6) is -0.215. The van der Waals surface area contributed by atoms with E-state index in [-0.39, 0.29) is 12.5 Å². The number of aliphatic hydroxyl groups excluding tert-OH is 8. The molecule has 0 aromatic rings. The maximum Gasteiger partial charge on any atom is 0.220 e. The molecule has 0 aliphatic carbocycles. The van der Waals surface area contributed by atoms with E-state index in [4.69, 9.17) is 18.9 Å². The minimum atomic E-state index is -1.78. The first-order valence-electron chi connectivity index (χ1n) is 30.3. The molecule has 0 radical (unpaired) electrons. The molecule has 77 heavy (non-hydrogen) atoms. The van der Waals surface area contributed by atoms with Gasteiger partial charge in [0.15, 0.2) is 12.6 Å². The number of allylic oxidation sites excluding steroid dienone is 14. The molecule has 2 heterocycles. The summed E-state index contributed by atoms with van der Waals surface area (Å²) in [6, 6.07) is -0.828. The van der Waals surface area contributed by atoms with Crippen molar-refractivity contribution in [1.82, 2.24) is 5.32 Å². The highest BCUT2D eigenvalue weighted by Crippen LogP contribution is 2.30. The number of rotatable bonds is 47. The molecule has 14 heteroatoms. The van der Waals surface area contributed by atoms with E-state index in [2.05, 4.69) is 104 Å².